The SMILES string of the molecule is N[C@H](Cc1ccc(O)cc1)C(=O)N/N=C\c1ccccc1O. The smallest absolute Gasteiger partial charge is 0.257 e. The van der Waals surface area contributed by atoms with Crippen molar-refractivity contribution in [1.29, 1.82) is 0 Å². The standard InChI is InChI=1S/C16H17N3O3/c17-14(9-11-5-7-13(20)8-6-11)16(22)19-18-10-12-3-1-2-4-15(12)21/h1-8,10,14,20-21H,9,17H2,(H,19,22)/b18-10-/t14-/m1/s1. The number of hydrogen-bond acceptors (Lipinski definition) is 5. The topological polar surface area (TPSA) is 108 Å². The van der Waals surface area contributed by atoms with Gasteiger partial charge in [-0.15, -0.1) is 0 Å². The van der Waals surface area contributed by atoms with Gasteiger partial charge in [-0.1, -0.05) is 24.3 Å². The zero-order valence-electron chi connectivity index (χ0n) is 11.8. The second-order valence-corrected chi connectivity index (χ2v) is 4.77. The fraction of sp³-hybridized carbons (Fsp3) is 0.125. The number of para-hydroxylation sites is 1. The molecule has 0 saturated carbocycles. The van der Waals surface area contributed by atoms with Gasteiger partial charge in [0.25, 0.3) is 5.91 Å². The minimum Gasteiger partial charge on any atom is -0.508 e. The van der Waals surface area contributed by atoms with Crippen molar-refractivity contribution < 1.29 is 15.0 Å². The lowest BCUT2D eigenvalue weighted by Gasteiger charge is -2.09. The molecule has 0 heterocycles. The molecule has 1 atom stereocenters. The van der Waals surface area contributed by atoms with E-state index >= 15 is 0 Å². The van der Waals surface area contributed by atoms with Crippen LogP contribution in [0.1, 0.15) is 11.1 Å². The molecule has 6 nitrogen and oxygen atoms in total. The number of carbonyl (C=O) groups is 1. The molecule has 0 aliphatic rings. The highest BCUT2D eigenvalue weighted by molar-refractivity contribution is 5.86. The van der Waals surface area contributed by atoms with E-state index in [1.165, 1.54) is 24.4 Å². The number of nitrogens with zero attached hydrogens (tertiary/aromatic N) is 1. The summed E-state index contributed by atoms with van der Waals surface area (Å²) in [6, 6.07) is 12.4. The third-order valence-corrected chi connectivity index (χ3v) is 3.04. The van der Waals surface area contributed by atoms with Crippen LogP contribution in [-0.2, 0) is 11.2 Å². The van der Waals surface area contributed by atoms with Crippen LogP contribution in [0.3, 0.4) is 0 Å². The maximum atomic E-state index is 11.8. The molecule has 2 rings (SSSR count). The number of phenols is 2. The van der Waals surface area contributed by atoms with Gasteiger partial charge in [-0.05, 0) is 36.2 Å². The number of phenolic OH excluding ortho intramolecular Hbond substituents is 2. The number of benzene rings is 2. The quantitative estimate of drug-likeness (QED) is 0.490. The predicted octanol–water partition coefficient (Wildman–Crippen LogP) is 1.12. The third-order valence-electron chi connectivity index (χ3n) is 3.04. The summed E-state index contributed by atoms with van der Waals surface area (Å²) in [5, 5.41) is 22.5. The van der Waals surface area contributed by atoms with E-state index in [9.17, 15) is 15.0 Å². The fourth-order valence-electron chi connectivity index (χ4n) is 1.82. The molecule has 2 aromatic rings. The first-order chi connectivity index (χ1) is 10.6. The van der Waals surface area contributed by atoms with Crippen molar-refractivity contribution in [3.8, 4) is 11.5 Å². The van der Waals surface area contributed by atoms with Gasteiger partial charge < -0.3 is 15.9 Å². The van der Waals surface area contributed by atoms with Crippen LogP contribution in [-0.4, -0.2) is 28.4 Å². The molecule has 0 unspecified atom stereocenters. The molecule has 2 aromatic carbocycles. The molecule has 0 aromatic heterocycles. The molecular formula is C16H17N3O3. The fourth-order valence-corrected chi connectivity index (χ4v) is 1.82. The van der Waals surface area contributed by atoms with Crippen LogP contribution in [0, 0.1) is 0 Å². The lowest BCUT2D eigenvalue weighted by Crippen LogP contribution is -2.39. The zero-order chi connectivity index (χ0) is 15.9. The van der Waals surface area contributed by atoms with E-state index < -0.39 is 11.9 Å². The number of nitrogens with one attached hydrogen (secondary N) is 1. The van der Waals surface area contributed by atoms with Crippen molar-refractivity contribution in [3.05, 3.63) is 59.7 Å². The predicted molar refractivity (Wildman–Crippen MR) is 83.6 cm³/mol. The van der Waals surface area contributed by atoms with Gasteiger partial charge in [-0.25, -0.2) is 5.43 Å². The molecule has 22 heavy (non-hydrogen) atoms. The average Bonchev–Trinajstić information content (AvgIpc) is 2.51. The highest BCUT2D eigenvalue weighted by atomic mass is 16.3. The largest absolute Gasteiger partial charge is 0.508 e. The summed E-state index contributed by atoms with van der Waals surface area (Å²) >= 11 is 0. The Morgan fingerprint density at radius 1 is 1.18 bits per heavy atom. The van der Waals surface area contributed by atoms with Gasteiger partial charge in [0.2, 0.25) is 0 Å². The van der Waals surface area contributed by atoms with Crippen LogP contribution in [0.5, 0.6) is 11.5 Å². The van der Waals surface area contributed by atoms with Crippen molar-refractivity contribution in [2.24, 2.45) is 10.8 Å². The van der Waals surface area contributed by atoms with Gasteiger partial charge in [0.15, 0.2) is 0 Å². The summed E-state index contributed by atoms with van der Waals surface area (Å²) in [7, 11) is 0. The molecule has 0 radical (unpaired) electrons. The van der Waals surface area contributed by atoms with Crippen molar-refractivity contribution >= 4 is 12.1 Å². The summed E-state index contributed by atoms with van der Waals surface area (Å²) in [4.78, 5) is 11.8. The highest BCUT2D eigenvalue weighted by Gasteiger charge is 2.13. The van der Waals surface area contributed by atoms with Crippen LogP contribution < -0.4 is 11.2 Å². The maximum absolute atomic E-state index is 11.8. The second-order valence-electron chi connectivity index (χ2n) is 4.77. The average molecular weight is 299 g/mol. The van der Waals surface area contributed by atoms with Gasteiger partial charge in [-0.2, -0.15) is 5.10 Å². The van der Waals surface area contributed by atoms with Crippen LogP contribution in [0.2, 0.25) is 0 Å². The molecule has 0 aliphatic heterocycles. The lowest BCUT2D eigenvalue weighted by atomic mass is 10.1. The van der Waals surface area contributed by atoms with E-state index in [2.05, 4.69) is 10.5 Å². The highest BCUT2D eigenvalue weighted by Crippen LogP contribution is 2.12. The molecule has 0 aliphatic carbocycles. The molecule has 6 heteroatoms. The van der Waals surface area contributed by atoms with Gasteiger partial charge in [0.1, 0.15) is 11.5 Å². The Bertz CT molecular complexity index is 669. The van der Waals surface area contributed by atoms with Gasteiger partial charge >= 0.3 is 0 Å². The zero-order valence-corrected chi connectivity index (χ0v) is 11.8. The first-order valence-electron chi connectivity index (χ1n) is 6.70. The summed E-state index contributed by atoms with van der Waals surface area (Å²) in [5.41, 5.74) is 9.47. The monoisotopic (exact) mass is 299 g/mol. The Labute approximate surface area is 127 Å². The Hall–Kier alpha value is -2.86. The van der Waals surface area contributed by atoms with Crippen molar-refractivity contribution in [3.63, 3.8) is 0 Å². The lowest BCUT2D eigenvalue weighted by molar-refractivity contribution is -0.122. The number of rotatable bonds is 5. The normalized spacial score (nSPS) is 12.2. The molecule has 0 spiro atoms. The van der Waals surface area contributed by atoms with Crippen molar-refractivity contribution in [2.75, 3.05) is 0 Å². The molecule has 0 fully saturated rings. The first-order valence-corrected chi connectivity index (χ1v) is 6.70. The molecule has 0 bridgehead atoms. The molecule has 5 N–H and O–H groups in total. The van der Waals surface area contributed by atoms with E-state index in [1.54, 1.807) is 30.3 Å². The van der Waals surface area contributed by atoms with Gasteiger partial charge in [0.05, 0.1) is 12.3 Å². The number of hydrogen-bond donors (Lipinski definition) is 4. The van der Waals surface area contributed by atoms with Gasteiger partial charge in [-0.3, -0.25) is 4.79 Å². The number of nitrogens with two attached hydrogens (primary N) is 1. The molecule has 114 valence electrons. The Morgan fingerprint density at radius 3 is 2.55 bits per heavy atom. The summed E-state index contributed by atoms with van der Waals surface area (Å²) in [6.07, 6.45) is 1.68. The van der Waals surface area contributed by atoms with Crippen molar-refractivity contribution in [1.82, 2.24) is 5.43 Å². The van der Waals surface area contributed by atoms with Crippen LogP contribution >= 0.6 is 0 Å². The van der Waals surface area contributed by atoms with Gasteiger partial charge in [0, 0.05) is 5.56 Å². The van der Waals surface area contributed by atoms with Crippen LogP contribution in [0.4, 0.5) is 0 Å². The third kappa shape index (κ3) is 4.32. The number of hydrazone groups is 1. The van der Waals surface area contributed by atoms with E-state index in [4.69, 9.17) is 5.73 Å². The van der Waals surface area contributed by atoms with E-state index in [-0.39, 0.29) is 11.5 Å². The maximum Gasteiger partial charge on any atom is 0.257 e. The Balaban J connectivity index is 1.89. The number of amides is 1. The minimum absolute atomic E-state index is 0.0777. The number of aromatic hydroxyl groups is 2. The first kappa shape index (κ1) is 15.5. The Morgan fingerprint density at radius 2 is 1.86 bits per heavy atom. The van der Waals surface area contributed by atoms with E-state index in [0.717, 1.165) is 5.56 Å². The number of carbonyl (C=O) groups excluding carboxylic acids is 1. The second kappa shape index (κ2) is 7.24. The molecular weight excluding hydrogens is 282 g/mol. The summed E-state index contributed by atoms with van der Waals surface area (Å²) in [6.45, 7) is 0. The summed E-state index contributed by atoms with van der Waals surface area (Å²) < 4.78 is 0. The van der Waals surface area contributed by atoms with Crippen LogP contribution in [0.25, 0.3) is 0 Å². The van der Waals surface area contributed by atoms with E-state index in [1.807, 2.05) is 0 Å². The molecule has 0 saturated heterocycles. The minimum atomic E-state index is -0.758. The Kier molecular flexibility index (Phi) is 5.11. The molecule has 1 amide bonds. The van der Waals surface area contributed by atoms with E-state index in [0.29, 0.717) is 12.0 Å². The van der Waals surface area contributed by atoms with Crippen LogP contribution in [0.15, 0.2) is 53.6 Å². The summed E-state index contributed by atoms with van der Waals surface area (Å²) in [5.74, 6) is -0.192. The van der Waals surface area contributed by atoms with Crippen molar-refractivity contribution in [2.45, 2.75) is 12.5 Å².